The molecule has 0 aliphatic heterocycles. The van der Waals surface area contributed by atoms with Gasteiger partial charge in [-0.25, -0.2) is 0 Å². The molecule has 2 nitrogen and oxygen atoms in total. The standard InChI is InChI=1S/C21H18ClO2P/c1-14-7-6-10-18(22)20(14)21(23)25-19-12-11-17(13-15(19)2)24-16-8-4-3-5-9-16/h3-13,25H,1-2H3. The maximum atomic E-state index is 12.7. The van der Waals surface area contributed by atoms with Gasteiger partial charge in [-0.05, 0) is 69.2 Å². The molecular formula is C21H18ClO2P. The average Bonchev–Trinajstić information content (AvgIpc) is 2.58. The minimum Gasteiger partial charge on any atom is -0.457 e. The molecule has 0 bridgehead atoms. The number of carbonyl (C=O) groups is 1. The van der Waals surface area contributed by atoms with Crippen molar-refractivity contribution < 1.29 is 9.53 Å². The Morgan fingerprint density at radius 3 is 2.32 bits per heavy atom. The molecule has 25 heavy (non-hydrogen) atoms. The molecule has 1 unspecified atom stereocenters. The molecule has 126 valence electrons. The fourth-order valence-corrected chi connectivity index (χ4v) is 4.09. The van der Waals surface area contributed by atoms with E-state index in [4.69, 9.17) is 16.3 Å². The number of rotatable bonds is 5. The Bertz CT molecular complexity index is 887. The topological polar surface area (TPSA) is 26.3 Å². The molecule has 1 atom stereocenters. The Balaban J connectivity index is 1.78. The largest absolute Gasteiger partial charge is 0.457 e. The lowest BCUT2D eigenvalue weighted by molar-refractivity contribution is 0.108. The van der Waals surface area contributed by atoms with Crippen LogP contribution in [0.25, 0.3) is 0 Å². The van der Waals surface area contributed by atoms with Gasteiger partial charge >= 0.3 is 0 Å². The molecule has 3 aromatic carbocycles. The van der Waals surface area contributed by atoms with E-state index in [0.29, 0.717) is 10.6 Å². The first-order valence-corrected chi connectivity index (χ1v) is 9.32. The second kappa shape index (κ2) is 7.82. The third kappa shape index (κ3) is 4.28. The van der Waals surface area contributed by atoms with E-state index in [1.165, 1.54) is 0 Å². The van der Waals surface area contributed by atoms with Crippen molar-refractivity contribution >= 4 is 31.0 Å². The molecule has 0 heterocycles. The van der Waals surface area contributed by atoms with Crippen LogP contribution in [0.15, 0.2) is 66.7 Å². The number of carbonyl (C=O) groups excluding carboxylic acids is 1. The van der Waals surface area contributed by atoms with Crippen LogP contribution in [0.5, 0.6) is 11.5 Å². The van der Waals surface area contributed by atoms with Crippen molar-refractivity contribution in [1.29, 1.82) is 0 Å². The second-order valence-corrected chi connectivity index (χ2v) is 7.43. The van der Waals surface area contributed by atoms with Gasteiger partial charge in [0.25, 0.3) is 0 Å². The lowest BCUT2D eigenvalue weighted by atomic mass is 10.1. The number of aryl methyl sites for hydroxylation is 2. The Labute approximate surface area is 154 Å². The highest BCUT2D eigenvalue weighted by Gasteiger charge is 2.15. The van der Waals surface area contributed by atoms with Crippen molar-refractivity contribution in [3.05, 3.63) is 88.4 Å². The highest BCUT2D eigenvalue weighted by Crippen LogP contribution is 2.29. The molecule has 0 radical (unpaired) electrons. The summed E-state index contributed by atoms with van der Waals surface area (Å²) in [6, 6.07) is 21.0. The van der Waals surface area contributed by atoms with Crippen LogP contribution in [0.3, 0.4) is 0 Å². The summed E-state index contributed by atoms with van der Waals surface area (Å²) in [5.74, 6) is 1.55. The maximum Gasteiger partial charge on any atom is 0.187 e. The van der Waals surface area contributed by atoms with Crippen molar-refractivity contribution in [2.75, 3.05) is 0 Å². The number of hydrogen-bond acceptors (Lipinski definition) is 2. The fraction of sp³-hybridized carbons (Fsp3) is 0.0952. The smallest absolute Gasteiger partial charge is 0.187 e. The van der Waals surface area contributed by atoms with Gasteiger partial charge in [0.05, 0.1) is 5.02 Å². The molecule has 0 fully saturated rings. The Kier molecular flexibility index (Phi) is 5.53. The summed E-state index contributed by atoms with van der Waals surface area (Å²) < 4.78 is 5.84. The van der Waals surface area contributed by atoms with Gasteiger partial charge in [0.1, 0.15) is 11.5 Å². The van der Waals surface area contributed by atoms with E-state index >= 15 is 0 Å². The van der Waals surface area contributed by atoms with Gasteiger partial charge in [0, 0.05) is 5.56 Å². The van der Waals surface area contributed by atoms with Gasteiger partial charge in [-0.15, -0.1) is 0 Å². The van der Waals surface area contributed by atoms with Crippen molar-refractivity contribution in [1.82, 2.24) is 0 Å². The minimum absolute atomic E-state index is 0.0327. The lowest BCUT2D eigenvalue weighted by Gasteiger charge is -2.11. The lowest BCUT2D eigenvalue weighted by Crippen LogP contribution is -2.06. The Hall–Kier alpha value is -2.15. The van der Waals surface area contributed by atoms with Gasteiger partial charge in [0.15, 0.2) is 5.52 Å². The summed E-state index contributed by atoms with van der Waals surface area (Å²) in [6.45, 7) is 3.90. The minimum atomic E-state index is 0.0327. The molecule has 0 N–H and O–H groups in total. The number of benzene rings is 3. The molecular weight excluding hydrogens is 351 g/mol. The van der Waals surface area contributed by atoms with Crippen LogP contribution in [0.1, 0.15) is 21.5 Å². The first kappa shape index (κ1) is 17.7. The van der Waals surface area contributed by atoms with Crippen molar-refractivity contribution in [2.24, 2.45) is 0 Å². The van der Waals surface area contributed by atoms with Gasteiger partial charge in [-0.1, -0.05) is 48.0 Å². The fourth-order valence-electron chi connectivity index (χ4n) is 2.57. The van der Waals surface area contributed by atoms with Crippen LogP contribution >= 0.6 is 20.2 Å². The van der Waals surface area contributed by atoms with Gasteiger partial charge in [0.2, 0.25) is 0 Å². The molecule has 0 saturated heterocycles. The Morgan fingerprint density at radius 2 is 1.64 bits per heavy atom. The summed E-state index contributed by atoms with van der Waals surface area (Å²) in [5, 5.41) is 1.52. The number of ether oxygens (including phenoxy) is 1. The predicted molar refractivity (Wildman–Crippen MR) is 106 cm³/mol. The van der Waals surface area contributed by atoms with Gasteiger partial charge in [-0.2, -0.15) is 0 Å². The zero-order valence-corrected chi connectivity index (χ0v) is 15.8. The summed E-state index contributed by atoms with van der Waals surface area (Å²) in [4.78, 5) is 12.7. The average molecular weight is 369 g/mol. The normalized spacial score (nSPS) is 11.0. The zero-order valence-electron chi connectivity index (χ0n) is 14.0. The molecule has 4 heteroatoms. The third-order valence-electron chi connectivity index (χ3n) is 3.87. The summed E-state index contributed by atoms with van der Waals surface area (Å²) in [6.07, 6.45) is 0. The van der Waals surface area contributed by atoms with Crippen LogP contribution < -0.4 is 10.0 Å². The van der Waals surface area contributed by atoms with Crippen LogP contribution in [0.4, 0.5) is 0 Å². The molecule has 3 rings (SSSR count). The quantitative estimate of drug-likeness (QED) is 0.524. The number of hydrogen-bond donors (Lipinski definition) is 0. The van der Waals surface area contributed by atoms with Crippen molar-refractivity contribution in [3.63, 3.8) is 0 Å². The molecule has 3 aromatic rings. The third-order valence-corrected chi connectivity index (χ3v) is 5.50. The zero-order chi connectivity index (χ0) is 17.8. The number of halogens is 1. The van der Waals surface area contributed by atoms with Crippen LogP contribution in [0, 0.1) is 13.8 Å². The van der Waals surface area contributed by atoms with Crippen molar-refractivity contribution in [2.45, 2.75) is 13.8 Å². The molecule has 0 aromatic heterocycles. The predicted octanol–water partition coefficient (Wildman–Crippen LogP) is 5.89. The summed E-state index contributed by atoms with van der Waals surface area (Å²) in [5.41, 5.74) is 2.62. The molecule has 0 aliphatic carbocycles. The number of para-hydroxylation sites is 1. The SMILES string of the molecule is Cc1cc(Oc2ccccc2)ccc1PC(=O)c1c(C)cccc1Cl. The van der Waals surface area contributed by atoms with E-state index < -0.39 is 0 Å². The second-order valence-electron chi connectivity index (χ2n) is 5.78. The highest BCUT2D eigenvalue weighted by molar-refractivity contribution is 7.66. The molecule has 0 aliphatic rings. The summed E-state index contributed by atoms with van der Waals surface area (Å²) in [7, 11) is 0.0327. The van der Waals surface area contributed by atoms with Crippen molar-refractivity contribution in [3.8, 4) is 11.5 Å². The maximum absolute atomic E-state index is 12.7. The van der Waals surface area contributed by atoms with Crippen LogP contribution in [-0.2, 0) is 0 Å². The van der Waals surface area contributed by atoms with E-state index in [1.807, 2.05) is 74.5 Å². The van der Waals surface area contributed by atoms with Gasteiger partial charge < -0.3 is 4.74 Å². The van der Waals surface area contributed by atoms with Gasteiger partial charge in [-0.3, -0.25) is 4.79 Å². The molecule has 0 spiro atoms. The molecule has 0 amide bonds. The van der Waals surface area contributed by atoms with E-state index in [-0.39, 0.29) is 14.1 Å². The monoisotopic (exact) mass is 368 g/mol. The Morgan fingerprint density at radius 1 is 0.880 bits per heavy atom. The van der Waals surface area contributed by atoms with E-state index in [2.05, 4.69) is 0 Å². The summed E-state index contributed by atoms with van der Waals surface area (Å²) >= 11 is 6.21. The van der Waals surface area contributed by atoms with Crippen LogP contribution in [-0.4, -0.2) is 5.52 Å². The van der Waals surface area contributed by atoms with E-state index in [0.717, 1.165) is 27.9 Å². The first-order valence-electron chi connectivity index (χ1n) is 7.94. The van der Waals surface area contributed by atoms with Crippen LogP contribution in [0.2, 0.25) is 5.02 Å². The first-order chi connectivity index (χ1) is 12.0. The molecule has 0 saturated carbocycles. The van der Waals surface area contributed by atoms with E-state index in [1.54, 1.807) is 6.07 Å². The highest BCUT2D eigenvalue weighted by atomic mass is 35.5. The van der Waals surface area contributed by atoms with E-state index in [9.17, 15) is 4.79 Å².